The third kappa shape index (κ3) is 14.2. The van der Waals surface area contributed by atoms with Gasteiger partial charge in [-0.2, -0.15) is 0 Å². The molecule has 2 heteroatoms. The number of hydrogen-bond donors (Lipinski definition) is 1. The monoisotopic (exact) mass is 628 g/mol. The summed E-state index contributed by atoms with van der Waals surface area (Å²) < 4.78 is 2.56. The minimum absolute atomic E-state index is 0.00763. The van der Waals surface area contributed by atoms with Gasteiger partial charge in [0, 0.05) is 5.41 Å². The maximum Gasteiger partial charge on any atom is 0.258 e. The van der Waals surface area contributed by atoms with Crippen LogP contribution in [0.2, 0.25) is 0 Å². The molecule has 0 radical (unpaired) electrons. The molecule has 46 heavy (non-hydrogen) atoms. The number of nitrogens with one attached hydrogen (secondary N) is 1. The predicted molar refractivity (Wildman–Crippen MR) is 201 cm³/mol. The molecule has 0 amide bonds. The van der Waals surface area contributed by atoms with Crippen LogP contribution in [0.1, 0.15) is 185 Å². The molecule has 1 aromatic heterocycles. The molecule has 0 saturated carbocycles. The quantitative estimate of drug-likeness (QED) is 0.0610. The average Bonchev–Trinajstić information content (AvgIpc) is 3.55. The summed E-state index contributed by atoms with van der Waals surface area (Å²) in [5.74, 6) is 1.86. The molecule has 2 nitrogen and oxygen atoms in total. The molecule has 0 bridgehead atoms. The molecule has 2 atom stereocenters. The van der Waals surface area contributed by atoms with E-state index in [0.717, 1.165) is 13.0 Å². The van der Waals surface area contributed by atoms with Crippen molar-refractivity contribution in [3.8, 4) is 0 Å². The van der Waals surface area contributed by atoms with Gasteiger partial charge in [-0.1, -0.05) is 203 Å². The van der Waals surface area contributed by atoms with Gasteiger partial charge in [-0.15, -0.1) is 0 Å². The van der Waals surface area contributed by atoms with Crippen molar-refractivity contribution in [1.29, 1.82) is 0 Å². The lowest BCUT2D eigenvalue weighted by Crippen LogP contribution is -2.43. The molecule has 0 fully saturated rings. The molecule has 0 spiro atoms. The maximum absolute atomic E-state index is 3.78. The van der Waals surface area contributed by atoms with Gasteiger partial charge in [-0.3, -0.25) is 0 Å². The van der Waals surface area contributed by atoms with Crippen LogP contribution >= 0.6 is 0 Å². The minimum Gasteiger partial charge on any atom is -0.247 e. The Morgan fingerprint density at radius 2 is 1.02 bits per heavy atom. The summed E-state index contributed by atoms with van der Waals surface area (Å²) in [6.45, 7) is 8.26. The van der Waals surface area contributed by atoms with Crippen molar-refractivity contribution < 1.29 is 4.57 Å². The molecule has 3 rings (SSSR count). The fourth-order valence-electron chi connectivity index (χ4n) is 7.68. The highest BCUT2D eigenvalue weighted by molar-refractivity contribution is 5.32. The first-order chi connectivity index (χ1) is 22.7. The second-order valence-corrected chi connectivity index (χ2v) is 14.5. The Morgan fingerprint density at radius 1 is 0.565 bits per heavy atom. The van der Waals surface area contributed by atoms with Crippen LogP contribution in [-0.2, 0) is 18.4 Å². The molecule has 2 unspecified atom stereocenters. The number of rotatable bonds is 28. The molecule has 0 aliphatic rings. The van der Waals surface area contributed by atoms with Crippen LogP contribution in [0.15, 0.2) is 73.1 Å². The third-order valence-electron chi connectivity index (χ3n) is 10.6. The zero-order chi connectivity index (χ0) is 32.5. The predicted octanol–water partition coefficient (Wildman–Crippen LogP) is 13.2. The summed E-state index contributed by atoms with van der Waals surface area (Å²) in [4.78, 5) is 3.78. The number of unbranched alkanes of at least 4 members (excludes halogenated alkanes) is 19. The van der Waals surface area contributed by atoms with E-state index in [-0.39, 0.29) is 5.41 Å². The highest BCUT2D eigenvalue weighted by atomic mass is 15.1. The first-order valence-electron chi connectivity index (χ1n) is 19.8. The number of imidazole rings is 1. The van der Waals surface area contributed by atoms with E-state index in [1.807, 2.05) is 0 Å². The summed E-state index contributed by atoms with van der Waals surface area (Å²) in [5, 5.41) is 0. The zero-order valence-electron chi connectivity index (χ0n) is 30.4. The lowest BCUT2D eigenvalue weighted by atomic mass is 9.66. The van der Waals surface area contributed by atoms with E-state index in [9.17, 15) is 0 Å². The molecule has 1 heterocycles. The van der Waals surface area contributed by atoms with Gasteiger partial charge in [-0.05, 0) is 36.8 Å². The Morgan fingerprint density at radius 3 is 1.54 bits per heavy atom. The van der Waals surface area contributed by atoms with E-state index in [1.54, 1.807) is 0 Å². The van der Waals surface area contributed by atoms with Gasteiger partial charge in [0.2, 0.25) is 0 Å². The molecule has 2 aromatic carbocycles. The highest BCUT2D eigenvalue weighted by Crippen LogP contribution is 2.43. The molecule has 0 saturated heterocycles. The summed E-state index contributed by atoms with van der Waals surface area (Å²) in [5.41, 5.74) is 2.90. The molecule has 1 N–H and O–H groups in total. The van der Waals surface area contributed by atoms with E-state index >= 15 is 0 Å². The number of aromatic amines is 1. The highest BCUT2D eigenvalue weighted by Gasteiger charge is 2.41. The Balaban J connectivity index is 1.51. The number of aryl methyl sites for hydroxylation is 1. The van der Waals surface area contributed by atoms with Crippen LogP contribution in [0.5, 0.6) is 0 Å². The molecular weight excluding hydrogens is 556 g/mol. The van der Waals surface area contributed by atoms with Crippen molar-refractivity contribution in [2.45, 2.75) is 186 Å². The van der Waals surface area contributed by atoms with Gasteiger partial charge in [0.05, 0.1) is 12.5 Å². The van der Waals surface area contributed by atoms with Gasteiger partial charge in [0.15, 0.2) is 0 Å². The van der Waals surface area contributed by atoms with Crippen LogP contribution in [0, 0.1) is 0 Å². The van der Waals surface area contributed by atoms with Crippen molar-refractivity contribution in [2.75, 3.05) is 0 Å². The Kier molecular flexibility index (Phi) is 19.8. The smallest absolute Gasteiger partial charge is 0.247 e. The number of nitrogens with zero attached hydrogens (tertiary/aromatic N) is 1. The second kappa shape index (κ2) is 23.9. The zero-order valence-corrected chi connectivity index (χ0v) is 30.4. The summed E-state index contributed by atoms with van der Waals surface area (Å²) in [7, 11) is 0. The Labute approximate surface area is 285 Å². The van der Waals surface area contributed by atoms with Crippen LogP contribution in [0.4, 0.5) is 0 Å². The number of H-pyrrole nitrogens is 1. The van der Waals surface area contributed by atoms with E-state index in [1.165, 1.54) is 158 Å². The third-order valence-corrected chi connectivity index (χ3v) is 10.6. The van der Waals surface area contributed by atoms with Crippen LogP contribution < -0.4 is 4.57 Å². The SMILES string of the molecule is CCCCCCCCCCCCCCCCCCCC(c1[nH]cc[n+]1CCCCCC)C(C)(Cc1ccccc1)c1ccccc1. The van der Waals surface area contributed by atoms with Gasteiger partial charge in [0.1, 0.15) is 12.4 Å². The standard InChI is InChI=1S/C44H70N2/c1-4-6-8-10-11-12-13-14-15-16-17-18-19-20-21-22-29-35-42(43-45-36-38-46(43)37-30-9-7-5-2)44(3,41-33-27-24-28-34-41)39-40-31-25-23-26-32-40/h23-28,31-34,36,38,42H,4-22,29-30,35,37,39H2,1-3H3/p+1. The number of benzene rings is 2. The molecule has 256 valence electrons. The summed E-state index contributed by atoms with van der Waals surface area (Å²) in [6.07, 6.45) is 36.1. The van der Waals surface area contributed by atoms with Crippen molar-refractivity contribution >= 4 is 0 Å². The van der Waals surface area contributed by atoms with Crippen LogP contribution in [-0.4, -0.2) is 4.98 Å². The fraction of sp³-hybridized carbons (Fsp3) is 0.659. The van der Waals surface area contributed by atoms with Gasteiger partial charge >= 0.3 is 0 Å². The van der Waals surface area contributed by atoms with Crippen molar-refractivity contribution in [1.82, 2.24) is 4.98 Å². The summed E-state index contributed by atoms with van der Waals surface area (Å²) >= 11 is 0. The lowest BCUT2D eigenvalue weighted by Gasteiger charge is -2.37. The van der Waals surface area contributed by atoms with Crippen molar-refractivity contribution in [3.05, 3.63) is 90.0 Å². The van der Waals surface area contributed by atoms with Crippen LogP contribution in [0.25, 0.3) is 0 Å². The van der Waals surface area contributed by atoms with Crippen molar-refractivity contribution in [2.24, 2.45) is 0 Å². The van der Waals surface area contributed by atoms with Crippen molar-refractivity contribution in [3.63, 3.8) is 0 Å². The second-order valence-electron chi connectivity index (χ2n) is 14.5. The minimum atomic E-state index is 0.00763. The molecular formula is C44H71N2+. The first kappa shape index (κ1) is 38.1. The van der Waals surface area contributed by atoms with Gasteiger partial charge in [-0.25, -0.2) is 9.55 Å². The normalized spacial score (nSPS) is 13.5. The average molecular weight is 628 g/mol. The van der Waals surface area contributed by atoms with E-state index in [2.05, 4.69) is 103 Å². The summed E-state index contributed by atoms with van der Waals surface area (Å²) in [6, 6.07) is 22.6. The van der Waals surface area contributed by atoms with E-state index in [4.69, 9.17) is 0 Å². The van der Waals surface area contributed by atoms with Gasteiger partial charge in [0.25, 0.3) is 5.82 Å². The maximum atomic E-state index is 3.78. The van der Waals surface area contributed by atoms with Gasteiger partial charge < -0.3 is 0 Å². The molecule has 0 aliphatic carbocycles. The Bertz CT molecular complexity index is 1100. The molecule has 0 aliphatic heterocycles. The topological polar surface area (TPSA) is 19.7 Å². The lowest BCUT2D eigenvalue weighted by molar-refractivity contribution is -0.705. The number of hydrogen-bond acceptors (Lipinski definition) is 0. The first-order valence-corrected chi connectivity index (χ1v) is 19.8. The Hall–Kier alpha value is -2.35. The van der Waals surface area contributed by atoms with E-state index < -0.39 is 0 Å². The fourth-order valence-corrected chi connectivity index (χ4v) is 7.68. The van der Waals surface area contributed by atoms with E-state index in [0.29, 0.717) is 5.92 Å². The van der Waals surface area contributed by atoms with Crippen LogP contribution in [0.3, 0.4) is 0 Å². The number of aromatic nitrogens is 2. The molecule has 3 aromatic rings. The largest absolute Gasteiger partial charge is 0.258 e.